The summed E-state index contributed by atoms with van der Waals surface area (Å²) in [5.74, 6) is 1.25. The molecular formula is C21H20N4O2. The molecule has 0 bridgehead atoms. The number of aromatic nitrogens is 3. The summed E-state index contributed by atoms with van der Waals surface area (Å²) in [6.45, 7) is 2.12. The number of oxime groups is 1. The third-order valence-electron chi connectivity index (χ3n) is 5.36. The molecule has 0 saturated heterocycles. The first kappa shape index (κ1) is 16.1. The smallest absolute Gasteiger partial charge is 0.235 e. The van der Waals surface area contributed by atoms with Crippen molar-refractivity contribution in [2.75, 3.05) is 0 Å². The van der Waals surface area contributed by atoms with E-state index in [9.17, 15) is 0 Å². The average Bonchev–Trinajstić information content (AvgIpc) is 3.36. The number of hydrogen-bond donors (Lipinski definition) is 0. The highest BCUT2D eigenvalue weighted by Gasteiger charge is 2.46. The van der Waals surface area contributed by atoms with Crippen LogP contribution in [0.3, 0.4) is 0 Å². The van der Waals surface area contributed by atoms with E-state index >= 15 is 0 Å². The molecule has 136 valence electrons. The largest absolute Gasteiger partial charge is 0.438 e. The van der Waals surface area contributed by atoms with E-state index in [1.165, 1.54) is 16.7 Å². The standard InChI is InChI=1S/C21H20N4O2/c1-14-3-5-17-15(11-14)7-9-21(17)12-20(24-27-21)26-16-4-6-18(22-13-16)19-8-10-23-25(19)2/h3-6,8,10-11,13H,7,9,12H2,1-2H3/t21-/m1/s1. The number of nitrogens with zero attached hydrogens (tertiary/aromatic N) is 4. The maximum atomic E-state index is 5.94. The van der Waals surface area contributed by atoms with Gasteiger partial charge in [0.1, 0.15) is 5.75 Å². The average molecular weight is 360 g/mol. The van der Waals surface area contributed by atoms with Crippen LogP contribution in [-0.2, 0) is 23.9 Å². The van der Waals surface area contributed by atoms with Crippen molar-refractivity contribution in [1.29, 1.82) is 0 Å². The van der Waals surface area contributed by atoms with Crippen LogP contribution in [0.5, 0.6) is 5.75 Å². The van der Waals surface area contributed by atoms with Gasteiger partial charge in [0.05, 0.1) is 24.0 Å². The van der Waals surface area contributed by atoms with Gasteiger partial charge in [-0.2, -0.15) is 5.10 Å². The second kappa shape index (κ2) is 5.94. The fourth-order valence-electron chi connectivity index (χ4n) is 3.98. The maximum Gasteiger partial charge on any atom is 0.235 e. The van der Waals surface area contributed by atoms with Crippen LogP contribution in [0, 0.1) is 6.92 Å². The van der Waals surface area contributed by atoms with Gasteiger partial charge in [0.15, 0.2) is 5.60 Å². The predicted octanol–water partition coefficient (Wildman–Crippen LogP) is 3.74. The van der Waals surface area contributed by atoms with Crippen molar-refractivity contribution >= 4 is 5.90 Å². The molecule has 6 nitrogen and oxygen atoms in total. The van der Waals surface area contributed by atoms with Crippen LogP contribution in [0.1, 0.15) is 29.5 Å². The van der Waals surface area contributed by atoms with Crippen LogP contribution in [-0.4, -0.2) is 20.7 Å². The SMILES string of the molecule is Cc1ccc2c(c1)CC[C@@]21CC(Oc2ccc(-c3ccnn3C)nc2)=NO1. The monoisotopic (exact) mass is 360 g/mol. The normalized spacial score (nSPS) is 20.4. The number of aryl methyl sites for hydroxylation is 3. The van der Waals surface area contributed by atoms with E-state index < -0.39 is 0 Å². The Morgan fingerprint density at radius 1 is 1.19 bits per heavy atom. The van der Waals surface area contributed by atoms with Crippen molar-refractivity contribution in [3.8, 4) is 17.1 Å². The fourth-order valence-corrected chi connectivity index (χ4v) is 3.98. The molecular weight excluding hydrogens is 340 g/mol. The molecule has 0 fully saturated rings. The Hall–Kier alpha value is -3.15. The van der Waals surface area contributed by atoms with Crippen molar-refractivity contribution in [2.45, 2.75) is 31.8 Å². The highest BCUT2D eigenvalue weighted by molar-refractivity contribution is 5.81. The summed E-state index contributed by atoms with van der Waals surface area (Å²) in [7, 11) is 1.90. The molecule has 0 amide bonds. The Balaban J connectivity index is 1.32. The lowest BCUT2D eigenvalue weighted by molar-refractivity contribution is -0.0215. The number of fused-ring (bicyclic) bond motifs is 2. The first-order chi connectivity index (χ1) is 13.1. The number of pyridine rings is 1. The summed E-state index contributed by atoms with van der Waals surface area (Å²) in [6.07, 6.45) is 6.06. The van der Waals surface area contributed by atoms with Gasteiger partial charge in [-0.15, -0.1) is 0 Å². The Kier molecular flexibility index (Phi) is 3.53. The van der Waals surface area contributed by atoms with Crippen molar-refractivity contribution in [2.24, 2.45) is 12.2 Å². The zero-order chi connectivity index (χ0) is 18.4. The van der Waals surface area contributed by atoms with Crippen LogP contribution in [0.25, 0.3) is 11.4 Å². The second-order valence-electron chi connectivity index (χ2n) is 7.23. The van der Waals surface area contributed by atoms with E-state index in [-0.39, 0.29) is 5.60 Å². The summed E-state index contributed by atoms with van der Waals surface area (Å²) in [5.41, 5.74) is 5.30. The zero-order valence-electron chi connectivity index (χ0n) is 15.3. The zero-order valence-corrected chi connectivity index (χ0v) is 15.3. The summed E-state index contributed by atoms with van der Waals surface area (Å²) in [5, 5.41) is 8.40. The molecule has 1 aromatic carbocycles. The molecule has 0 unspecified atom stereocenters. The number of hydrogen-bond acceptors (Lipinski definition) is 5. The Morgan fingerprint density at radius 3 is 2.89 bits per heavy atom. The fraction of sp³-hybridized carbons (Fsp3) is 0.286. The maximum absolute atomic E-state index is 5.94. The summed E-state index contributed by atoms with van der Waals surface area (Å²) in [6, 6.07) is 12.3. The minimum absolute atomic E-state index is 0.375. The van der Waals surface area contributed by atoms with Crippen LogP contribution in [0.15, 0.2) is 53.9 Å². The van der Waals surface area contributed by atoms with Gasteiger partial charge < -0.3 is 9.57 Å². The molecule has 0 radical (unpaired) electrons. The van der Waals surface area contributed by atoms with E-state index in [4.69, 9.17) is 9.57 Å². The van der Waals surface area contributed by atoms with E-state index in [2.05, 4.69) is 40.4 Å². The molecule has 1 aliphatic carbocycles. The molecule has 6 heteroatoms. The third-order valence-corrected chi connectivity index (χ3v) is 5.36. The van der Waals surface area contributed by atoms with Gasteiger partial charge in [-0.25, -0.2) is 0 Å². The quantitative estimate of drug-likeness (QED) is 0.698. The Bertz CT molecular complexity index is 1040. The lowest BCUT2D eigenvalue weighted by Crippen LogP contribution is -2.24. The third kappa shape index (κ3) is 2.68. The van der Waals surface area contributed by atoms with Gasteiger partial charge in [0.25, 0.3) is 0 Å². The van der Waals surface area contributed by atoms with Crippen LogP contribution in [0.4, 0.5) is 0 Å². The van der Waals surface area contributed by atoms with Gasteiger partial charge in [0.2, 0.25) is 5.90 Å². The molecule has 2 aliphatic rings. The molecule has 5 rings (SSSR count). The van der Waals surface area contributed by atoms with Crippen LogP contribution in [0.2, 0.25) is 0 Å². The summed E-state index contributed by atoms with van der Waals surface area (Å²) in [4.78, 5) is 10.4. The number of rotatable bonds is 2. The highest BCUT2D eigenvalue weighted by Crippen LogP contribution is 2.46. The summed E-state index contributed by atoms with van der Waals surface area (Å²) < 4.78 is 7.74. The highest BCUT2D eigenvalue weighted by atomic mass is 16.7. The van der Waals surface area contributed by atoms with Gasteiger partial charge in [-0.3, -0.25) is 9.67 Å². The van der Waals surface area contributed by atoms with Crippen molar-refractivity contribution in [1.82, 2.24) is 14.8 Å². The molecule has 1 aliphatic heterocycles. The van der Waals surface area contributed by atoms with E-state index in [0.29, 0.717) is 18.1 Å². The molecule has 27 heavy (non-hydrogen) atoms. The van der Waals surface area contributed by atoms with Gasteiger partial charge in [-0.1, -0.05) is 28.9 Å². The first-order valence-electron chi connectivity index (χ1n) is 9.10. The lowest BCUT2D eigenvalue weighted by Gasteiger charge is -2.21. The second-order valence-corrected chi connectivity index (χ2v) is 7.23. The minimum atomic E-state index is -0.375. The number of benzene rings is 1. The first-order valence-corrected chi connectivity index (χ1v) is 9.10. The Morgan fingerprint density at radius 2 is 2.11 bits per heavy atom. The van der Waals surface area contributed by atoms with E-state index in [1.807, 2.05) is 25.2 Å². The minimum Gasteiger partial charge on any atom is -0.438 e. The van der Waals surface area contributed by atoms with Crippen molar-refractivity contribution in [3.63, 3.8) is 0 Å². The number of ether oxygens (including phenoxy) is 1. The molecule has 3 aromatic rings. The molecule has 1 atom stereocenters. The molecule has 0 N–H and O–H groups in total. The van der Waals surface area contributed by atoms with E-state index in [0.717, 1.165) is 24.2 Å². The van der Waals surface area contributed by atoms with Crippen LogP contribution >= 0.6 is 0 Å². The predicted molar refractivity (Wildman–Crippen MR) is 101 cm³/mol. The van der Waals surface area contributed by atoms with Crippen LogP contribution < -0.4 is 4.74 Å². The molecule has 0 saturated carbocycles. The van der Waals surface area contributed by atoms with Crippen molar-refractivity contribution in [3.05, 3.63) is 65.5 Å². The topological polar surface area (TPSA) is 61.5 Å². The molecule has 1 spiro atoms. The van der Waals surface area contributed by atoms with E-state index in [1.54, 1.807) is 17.1 Å². The lowest BCUT2D eigenvalue weighted by atomic mass is 9.92. The van der Waals surface area contributed by atoms with Crippen molar-refractivity contribution < 1.29 is 9.57 Å². The molecule has 2 aromatic heterocycles. The van der Waals surface area contributed by atoms with Gasteiger partial charge >= 0.3 is 0 Å². The molecule has 3 heterocycles. The Labute approximate surface area is 157 Å². The van der Waals surface area contributed by atoms with Gasteiger partial charge in [0, 0.05) is 18.8 Å². The van der Waals surface area contributed by atoms with Gasteiger partial charge in [-0.05, 0) is 43.5 Å². The summed E-state index contributed by atoms with van der Waals surface area (Å²) >= 11 is 0.